The lowest BCUT2D eigenvalue weighted by molar-refractivity contribution is 0.514. The van der Waals surface area contributed by atoms with E-state index in [1.54, 1.807) is 0 Å². The van der Waals surface area contributed by atoms with Crippen molar-refractivity contribution in [3.05, 3.63) is 11.1 Å². The molecule has 0 atom stereocenters. The van der Waals surface area contributed by atoms with Crippen LogP contribution in [0.2, 0.25) is 0 Å². The van der Waals surface area contributed by atoms with Crippen molar-refractivity contribution in [3.8, 4) is 0 Å². The lowest BCUT2D eigenvalue weighted by Crippen LogP contribution is -2.00. The molecule has 0 bridgehead atoms. The fourth-order valence-electron chi connectivity index (χ4n) is 2.62. The number of allylic oxidation sites excluding steroid dienone is 2. The molecule has 2 rings (SSSR count). The smallest absolute Gasteiger partial charge is 0.00956 e. The fourth-order valence-corrected chi connectivity index (χ4v) is 2.62. The minimum Gasteiger partial charge on any atom is -0.0642 e. The quantitative estimate of drug-likeness (QED) is 0.500. The molecular formula is C11H18. The average Bonchev–Trinajstić information content (AvgIpc) is 2.66. The Kier molecular flexibility index (Phi) is 1.59. The summed E-state index contributed by atoms with van der Waals surface area (Å²) in [5.74, 6) is 0. The molecule has 0 heteroatoms. The highest BCUT2D eigenvalue weighted by Crippen LogP contribution is 2.60. The molecule has 0 aliphatic heterocycles. The summed E-state index contributed by atoms with van der Waals surface area (Å²) in [6, 6.07) is 0. The van der Waals surface area contributed by atoms with E-state index >= 15 is 0 Å². The first-order chi connectivity index (χ1) is 5.29. The topological polar surface area (TPSA) is 0 Å². The van der Waals surface area contributed by atoms with Crippen LogP contribution in [0.15, 0.2) is 11.1 Å². The lowest BCUT2D eigenvalue weighted by Gasteiger charge is -2.13. The predicted molar refractivity (Wildman–Crippen MR) is 48.5 cm³/mol. The van der Waals surface area contributed by atoms with Gasteiger partial charge in [-0.25, -0.2) is 0 Å². The van der Waals surface area contributed by atoms with Gasteiger partial charge in [-0.15, -0.1) is 0 Å². The molecule has 0 spiro atoms. The SMILES string of the molecule is CCC1(C)C2=C1CCCCC2. The molecule has 0 nitrogen and oxygen atoms in total. The summed E-state index contributed by atoms with van der Waals surface area (Å²) < 4.78 is 0. The Morgan fingerprint density at radius 2 is 1.64 bits per heavy atom. The van der Waals surface area contributed by atoms with E-state index in [2.05, 4.69) is 13.8 Å². The molecular weight excluding hydrogens is 132 g/mol. The first-order valence-corrected chi connectivity index (χ1v) is 5.02. The highest BCUT2D eigenvalue weighted by Gasteiger charge is 2.46. The second-order valence-electron chi connectivity index (χ2n) is 4.20. The van der Waals surface area contributed by atoms with Gasteiger partial charge in [0.2, 0.25) is 0 Å². The standard InChI is InChI=1S/C11H18/c1-3-11(2)9-7-5-4-6-8-10(9)11/h3-8H2,1-2H3. The van der Waals surface area contributed by atoms with Crippen LogP contribution in [0.5, 0.6) is 0 Å². The van der Waals surface area contributed by atoms with Crippen molar-refractivity contribution < 1.29 is 0 Å². The minimum absolute atomic E-state index is 0.612. The molecule has 0 aromatic carbocycles. The molecule has 0 heterocycles. The van der Waals surface area contributed by atoms with Crippen molar-refractivity contribution in [2.45, 2.75) is 52.4 Å². The van der Waals surface area contributed by atoms with Gasteiger partial charge in [-0.05, 0) is 32.1 Å². The molecule has 0 saturated heterocycles. The average molecular weight is 150 g/mol. The number of rotatable bonds is 1. The van der Waals surface area contributed by atoms with Crippen LogP contribution in [0, 0.1) is 5.41 Å². The molecule has 2 aliphatic rings. The van der Waals surface area contributed by atoms with Crippen LogP contribution in [0.25, 0.3) is 0 Å². The summed E-state index contributed by atoms with van der Waals surface area (Å²) in [6.45, 7) is 4.76. The van der Waals surface area contributed by atoms with E-state index < -0.39 is 0 Å². The van der Waals surface area contributed by atoms with Crippen molar-refractivity contribution in [2.75, 3.05) is 0 Å². The molecule has 2 aliphatic carbocycles. The molecule has 0 radical (unpaired) electrons. The maximum Gasteiger partial charge on any atom is 0.00956 e. The first-order valence-electron chi connectivity index (χ1n) is 5.02. The summed E-state index contributed by atoms with van der Waals surface area (Å²) in [5, 5.41) is 0. The van der Waals surface area contributed by atoms with Crippen molar-refractivity contribution in [2.24, 2.45) is 5.41 Å². The minimum atomic E-state index is 0.612. The van der Waals surface area contributed by atoms with Crippen molar-refractivity contribution in [1.82, 2.24) is 0 Å². The molecule has 0 amide bonds. The van der Waals surface area contributed by atoms with Crippen LogP contribution < -0.4 is 0 Å². The lowest BCUT2D eigenvalue weighted by atomic mass is 9.91. The molecule has 62 valence electrons. The van der Waals surface area contributed by atoms with Gasteiger partial charge >= 0.3 is 0 Å². The van der Waals surface area contributed by atoms with Gasteiger partial charge in [-0.1, -0.05) is 31.4 Å². The fraction of sp³-hybridized carbons (Fsp3) is 0.818. The van der Waals surface area contributed by atoms with Gasteiger partial charge in [0, 0.05) is 5.41 Å². The summed E-state index contributed by atoms with van der Waals surface area (Å²) in [5.41, 5.74) is 4.27. The monoisotopic (exact) mass is 150 g/mol. The highest BCUT2D eigenvalue weighted by molar-refractivity contribution is 5.48. The van der Waals surface area contributed by atoms with E-state index in [4.69, 9.17) is 0 Å². The van der Waals surface area contributed by atoms with Crippen LogP contribution in [-0.4, -0.2) is 0 Å². The summed E-state index contributed by atoms with van der Waals surface area (Å²) >= 11 is 0. The van der Waals surface area contributed by atoms with Gasteiger partial charge in [-0.2, -0.15) is 0 Å². The van der Waals surface area contributed by atoms with E-state index in [1.807, 2.05) is 11.1 Å². The first kappa shape index (κ1) is 7.39. The van der Waals surface area contributed by atoms with Gasteiger partial charge in [-0.3, -0.25) is 0 Å². The van der Waals surface area contributed by atoms with E-state index in [1.165, 1.54) is 38.5 Å². The Hall–Kier alpha value is -0.260. The Morgan fingerprint density at radius 1 is 1.09 bits per heavy atom. The third-order valence-electron chi connectivity index (χ3n) is 3.69. The van der Waals surface area contributed by atoms with Crippen molar-refractivity contribution in [1.29, 1.82) is 0 Å². The third-order valence-corrected chi connectivity index (χ3v) is 3.69. The van der Waals surface area contributed by atoms with E-state index in [-0.39, 0.29) is 0 Å². The summed E-state index contributed by atoms with van der Waals surface area (Å²) in [4.78, 5) is 0. The molecule has 0 aromatic rings. The summed E-state index contributed by atoms with van der Waals surface area (Å²) in [6.07, 6.45) is 8.55. The molecule has 0 unspecified atom stereocenters. The van der Waals surface area contributed by atoms with Crippen molar-refractivity contribution in [3.63, 3.8) is 0 Å². The third kappa shape index (κ3) is 0.953. The van der Waals surface area contributed by atoms with E-state index in [9.17, 15) is 0 Å². The molecule has 0 aromatic heterocycles. The number of hydrogen-bond acceptors (Lipinski definition) is 0. The maximum absolute atomic E-state index is 2.43. The second-order valence-corrected chi connectivity index (χ2v) is 4.20. The zero-order valence-electron chi connectivity index (χ0n) is 7.74. The Bertz CT molecular complexity index is 182. The number of hydrogen-bond donors (Lipinski definition) is 0. The van der Waals surface area contributed by atoms with E-state index in [0.717, 1.165) is 0 Å². The largest absolute Gasteiger partial charge is 0.0642 e. The van der Waals surface area contributed by atoms with Gasteiger partial charge in [0.1, 0.15) is 0 Å². The van der Waals surface area contributed by atoms with Gasteiger partial charge < -0.3 is 0 Å². The second kappa shape index (κ2) is 2.36. The predicted octanol–water partition coefficient (Wildman–Crippen LogP) is 3.68. The molecule has 0 N–H and O–H groups in total. The normalized spacial score (nSPS) is 27.8. The van der Waals surface area contributed by atoms with E-state index in [0.29, 0.717) is 5.41 Å². The van der Waals surface area contributed by atoms with Gasteiger partial charge in [0.05, 0.1) is 0 Å². The molecule has 11 heavy (non-hydrogen) atoms. The molecule has 0 saturated carbocycles. The maximum atomic E-state index is 2.43. The Morgan fingerprint density at radius 3 is 2.09 bits per heavy atom. The highest BCUT2D eigenvalue weighted by atomic mass is 14.5. The van der Waals surface area contributed by atoms with Crippen LogP contribution in [-0.2, 0) is 0 Å². The van der Waals surface area contributed by atoms with Crippen molar-refractivity contribution >= 4 is 0 Å². The van der Waals surface area contributed by atoms with Crippen LogP contribution in [0.3, 0.4) is 0 Å². The Labute approximate surface area is 69.7 Å². The van der Waals surface area contributed by atoms with Crippen LogP contribution >= 0.6 is 0 Å². The van der Waals surface area contributed by atoms with Gasteiger partial charge in [0.25, 0.3) is 0 Å². The van der Waals surface area contributed by atoms with Gasteiger partial charge in [0.15, 0.2) is 0 Å². The van der Waals surface area contributed by atoms with Crippen LogP contribution in [0.4, 0.5) is 0 Å². The zero-order valence-corrected chi connectivity index (χ0v) is 7.74. The summed E-state index contributed by atoms with van der Waals surface area (Å²) in [7, 11) is 0. The zero-order chi connectivity index (χ0) is 7.90. The molecule has 0 fully saturated rings. The van der Waals surface area contributed by atoms with Crippen LogP contribution in [0.1, 0.15) is 52.4 Å². The Balaban J connectivity index is 2.07.